The SMILES string of the molecule is CCOC(=O)/C(N=Nc1c(C)n(C)n(-c2ccccc2)c1=O)=C(/C)O. The van der Waals surface area contributed by atoms with Crippen molar-refractivity contribution >= 4 is 11.7 Å². The molecular formula is C17H20N4O4. The highest BCUT2D eigenvalue weighted by molar-refractivity contribution is 5.88. The zero-order chi connectivity index (χ0) is 18.6. The molecular weight excluding hydrogens is 324 g/mol. The Morgan fingerprint density at radius 3 is 2.48 bits per heavy atom. The first kappa shape index (κ1) is 18.2. The predicted molar refractivity (Wildman–Crippen MR) is 92.2 cm³/mol. The molecule has 0 aliphatic rings. The highest BCUT2D eigenvalue weighted by Gasteiger charge is 2.18. The number of hydrogen-bond acceptors (Lipinski definition) is 6. The lowest BCUT2D eigenvalue weighted by Gasteiger charge is -2.07. The molecule has 132 valence electrons. The van der Waals surface area contributed by atoms with Crippen molar-refractivity contribution in [2.75, 3.05) is 6.61 Å². The smallest absolute Gasteiger partial charge is 0.362 e. The van der Waals surface area contributed by atoms with Crippen LogP contribution in [0.2, 0.25) is 0 Å². The van der Waals surface area contributed by atoms with Crippen LogP contribution in [0.15, 0.2) is 56.8 Å². The third kappa shape index (κ3) is 3.68. The van der Waals surface area contributed by atoms with Crippen molar-refractivity contribution in [2.45, 2.75) is 20.8 Å². The summed E-state index contributed by atoms with van der Waals surface area (Å²) in [5, 5.41) is 17.2. The molecule has 8 nitrogen and oxygen atoms in total. The third-order valence-electron chi connectivity index (χ3n) is 3.59. The van der Waals surface area contributed by atoms with Gasteiger partial charge in [0.2, 0.25) is 5.70 Å². The maximum Gasteiger partial charge on any atom is 0.362 e. The second kappa shape index (κ2) is 7.61. The minimum absolute atomic E-state index is 0.0781. The van der Waals surface area contributed by atoms with E-state index in [0.717, 1.165) is 0 Å². The Kier molecular flexibility index (Phi) is 5.53. The van der Waals surface area contributed by atoms with Gasteiger partial charge in [-0.1, -0.05) is 18.2 Å². The molecule has 0 saturated heterocycles. The number of aliphatic hydroxyl groups is 1. The normalized spacial score (nSPS) is 12.3. The van der Waals surface area contributed by atoms with E-state index in [2.05, 4.69) is 10.2 Å². The molecule has 0 spiro atoms. The van der Waals surface area contributed by atoms with Gasteiger partial charge in [0.15, 0.2) is 5.69 Å². The number of carbonyl (C=O) groups is 1. The summed E-state index contributed by atoms with van der Waals surface area (Å²) in [6, 6.07) is 9.09. The topological polar surface area (TPSA) is 98.2 Å². The fraction of sp³-hybridized carbons (Fsp3) is 0.294. The van der Waals surface area contributed by atoms with Crippen molar-refractivity contribution in [3.63, 3.8) is 0 Å². The van der Waals surface area contributed by atoms with E-state index < -0.39 is 5.97 Å². The number of ether oxygens (including phenoxy) is 1. The first-order valence-corrected chi connectivity index (χ1v) is 7.71. The zero-order valence-corrected chi connectivity index (χ0v) is 14.6. The van der Waals surface area contributed by atoms with E-state index >= 15 is 0 Å². The molecule has 0 fully saturated rings. The number of benzene rings is 1. The molecule has 0 bridgehead atoms. The van der Waals surface area contributed by atoms with Crippen LogP contribution in [0, 0.1) is 6.92 Å². The molecule has 0 amide bonds. The second-order valence-electron chi connectivity index (χ2n) is 5.26. The Balaban J connectivity index is 2.50. The molecule has 0 atom stereocenters. The molecule has 0 aliphatic carbocycles. The van der Waals surface area contributed by atoms with Crippen LogP contribution in [0.4, 0.5) is 5.69 Å². The van der Waals surface area contributed by atoms with Gasteiger partial charge in [0.05, 0.1) is 18.0 Å². The Bertz CT molecular complexity index is 887. The molecule has 8 heteroatoms. The number of nitrogens with zero attached hydrogens (tertiary/aromatic N) is 4. The summed E-state index contributed by atoms with van der Waals surface area (Å²) in [6.07, 6.45) is 0. The Hall–Kier alpha value is -3.16. The van der Waals surface area contributed by atoms with Gasteiger partial charge in [0.25, 0.3) is 5.56 Å². The lowest BCUT2D eigenvalue weighted by Crippen LogP contribution is -2.19. The largest absolute Gasteiger partial charge is 0.510 e. The Morgan fingerprint density at radius 1 is 1.28 bits per heavy atom. The maximum absolute atomic E-state index is 12.7. The van der Waals surface area contributed by atoms with Gasteiger partial charge in [0.1, 0.15) is 5.76 Å². The van der Waals surface area contributed by atoms with E-state index in [9.17, 15) is 14.7 Å². The molecule has 0 radical (unpaired) electrons. The van der Waals surface area contributed by atoms with E-state index in [1.165, 1.54) is 11.6 Å². The monoisotopic (exact) mass is 344 g/mol. The van der Waals surface area contributed by atoms with Gasteiger partial charge in [-0.3, -0.25) is 9.48 Å². The minimum atomic E-state index is -0.803. The number of azo groups is 1. The van der Waals surface area contributed by atoms with Crippen molar-refractivity contribution in [2.24, 2.45) is 17.3 Å². The minimum Gasteiger partial charge on any atom is -0.510 e. The highest BCUT2D eigenvalue weighted by Crippen LogP contribution is 2.19. The molecule has 2 rings (SSSR count). The van der Waals surface area contributed by atoms with E-state index in [4.69, 9.17) is 4.74 Å². The summed E-state index contributed by atoms with van der Waals surface area (Å²) in [4.78, 5) is 24.5. The second-order valence-corrected chi connectivity index (χ2v) is 5.26. The van der Waals surface area contributed by atoms with Crippen LogP contribution in [0.1, 0.15) is 19.5 Å². The molecule has 0 saturated carbocycles. The molecule has 0 aliphatic heterocycles. The van der Waals surface area contributed by atoms with Gasteiger partial charge in [-0.2, -0.15) is 0 Å². The van der Waals surface area contributed by atoms with Crippen molar-refractivity contribution in [3.05, 3.63) is 57.8 Å². The van der Waals surface area contributed by atoms with Crippen molar-refractivity contribution < 1.29 is 14.6 Å². The number of esters is 1. The predicted octanol–water partition coefficient (Wildman–Crippen LogP) is 2.92. The van der Waals surface area contributed by atoms with Crippen LogP contribution in [0.5, 0.6) is 0 Å². The van der Waals surface area contributed by atoms with Crippen LogP contribution in [-0.4, -0.2) is 27.0 Å². The number of aliphatic hydroxyl groups excluding tert-OH is 1. The van der Waals surface area contributed by atoms with Gasteiger partial charge in [0, 0.05) is 7.05 Å². The summed E-state index contributed by atoms with van der Waals surface area (Å²) in [5.74, 6) is -1.14. The first-order chi connectivity index (χ1) is 11.9. The maximum atomic E-state index is 12.7. The third-order valence-corrected chi connectivity index (χ3v) is 3.59. The van der Waals surface area contributed by atoms with E-state index in [1.54, 1.807) is 37.7 Å². The van der Waals surface area contributed by atoms with Crippen LogP contribution in [0.3, 0.4) is 0 Å². The zero-order valence-electron chi connectivity index (χ0n) is 14.6. The summed E-state index contributed by atoms with van der Waals surface area (Å²) >= 11 is 0. The van der Waals surface area contributed by atoms with E-state index in [-0.39, 0.29) is 29.3 Å². The summed E-state index contributed by atoms with van der Waals surface area (Å²) < 4.78 is 7.91. The van der Waals surface area contributed by atoms with Gasteiger partial charge < -0.3 is 9.84 Å². The van der Waals surface area contributed by atoms with Crippen molar-refractivity contribution in [3.8, 4) is 5.69 Å². The van der Waals surface area contributed by atoms with Gasteiger partial charge in [-0.05, 0) is 32.9 Å². The number of para-hydroxylation sites is 1. The average molecular weight is 344 g/mol. The number of allylic oxidation sites excluding steroid dienone is 1. The fourth-order valence-electron chi connectivity index (χ4n) is 2.23. The lowest BCUT2D eigenvalue weighted by atomic mass is 10.3. The van der Waals surface area contributed by atoms with Gasteiger partial charge >= 0.3 is 5.97 Å². The van der Waals surface area contributed by atoms with Gasteiger partial charge in [-0.15, -0.1) is 10.2 Å². The van der Waals surface area contributed by atoms with Crippen LogP contribution in [0.25, 0.3) is 5.69 Å². The number of hydrogen-bond donors (Lipinski definition) is 1. The molecule has 1 aromatic heterocycles. The van der Waals surface area contributed by atoms with Crippen LogP contribution >= 0.6 is 0 Å². The Labute approximate surface area is 144 Å². The van der Waals surface area contributed by atoms with E-state index in [0.29, 0.717) is 11.4 Å². The summed E-state index contributed by atoms with van der Waals surface area (Å²) in [6.45, 7) is 4.79. The van der Waals surface area contributed by atoms with Crippen molar-refractivity contribution in [1.29, 1.82) is 0 Å². The number of aromatic nitrogens is 2. The first-order valence-electron chi connectivity index (χ1n) is 7.71. The number of rotatable bonds is 5. The lowest BCUT2D eigenvalue weighted by molar-refractivity contribution is -0.138. The van der Waals surface area contributed by atoms with Crippen LogP contribution in [-0.2, 0) is 16.6 Å². The standard InChI is InChI=1S/C17H20N4O4/c1-5-25-17(24)15(12(3)22)19-18-14-11(2)20(4)21(16(14)23)13-9-7-6-8-10-13/h6-10,22H,5H2,1-4H3/b15-12+,19-18?. The van der Waals surface area contributed by atoms with Crippen molar-refractivity contribution in [1.82, 2.24) is 9.36 Å². The molecule has 1 heterocycles. The summed E-state index contributed by atoms with van der Waals surface area (Å²) in [7, 11) is 1.72. The molecule has 1 N–H and O–H groups in total. The molecule has 2 aromatic rings. The molecule has 1 aromatic carbocycles. The molecule has 0 unspecified atom stereocenters. The average Bonchev–Trinajstić information content (AvgIpc) is 2.79. The molecule has 25 heavy (non-hydrogen) atoms. The van der Waals surface area contributed by atoms with Gasteiger partial charge in [-0.25, -0.2) is 9.48 Å². The quantitative estimate of drug-likeness (QED) is 0.390. The fourth-order valence-corrected chi connectivity index (χ4v) is 2.23. The number of carbonyl (C=O) groups excluding carboxylic acids is 1. The highest BCUT2D eigenvalue weighted by atomic mass is 16.5. The van der Waals surface area contributed by atoms with Crippen LogP contribution < -0.4 is 5.56 Å². The van der Waals surface area contributed by atoms with E-state index in [1.807, 2.05) is 18.2 Å². The summed E-state index contributed by atoms with van der Waals surface area (Å²) in [5.41, 5.74) is 0.606. The Morgan fingerprint density at radius 2 is 1.92 bits per heavy atom.